The third-order valence-electron chi connectivity index (χ3n) is 2.10. The van der Waals surface area contributed by atoms with E-state index in [1.807, 2.05) is 0 Å². The summed E-state index contributed by atoms with van der Waals surface area (Å²) in [6.07, 6.45) is -1.51. The van der Waals surface area contributed by atoms with Crippen molar-refractivity contribution >= 4 is 16.7 Å². The van der Waals surface area contributed by atoms with Gasteiger partial charge in [0.05, 0.1) is 5.52 Å². The maximum atomic E-state index is 12.3. The van der Waals surface area contributed by atoms with Crippen molar-refractivity contribution in [2.24, 2.45) is 0 Å². The first kappa shape index (κ1) is 9.71. The standard InChI is InChI=1S/C11H7F2NO/c12-11(13)10(15)8-5-1-3-7-4-2-6-14-9(7)8/h1-6,11H. The van der Waals surface area contributed by atoms with E-state index in [0.29, 0.717) is 10.9 Å². The minimum absolute atomic E-state index is 0.0249. The molecule has 0 saturated carbocycles. The van der Waals surface area contributed by atoms with Gasteiger partial charge in [-0.3, -0.25) is 9.78 Å². The van der Waals surface area contributed by atoms with Crippen LogP contribution < -0.4 is 0 Å². The average molecular weight is 207 g/mol. The van der Waals surface area contributed by atoms with Gasteiger partial charge in [-0.1, -0.05) is 18.2 Å². The number of alkyl halides is 2. The highest BCUT2D eigenvalue weighted by Gasteiger charge is 2.20. The minimum atomic E-state index is -2.99. The summed E-state index contributed by atoms with van der Waals surface area (Å²) in [7, 11) is 0. The van der Waals surface area contributed by atoms with E-state index in [2.05, 4.69) is 4.98 Å². The Morgan fingerprint density at radius 2 is 1.93 bits per heavy atom. The van der Waals surface area contributed by atoms with Crippen LogP contribution in [-0.2, 0) is 0 Å². The van der Waals surface area contributed by atoms with E-state index in [-0.39, 0.29) is 5.56 Å². The largest absolute Gasteiger partial charge is 0.300 e. The highest BCUT2D eigenvalue weighted by Crippen LogP contribution is 2.18. The van der Waals surface area contributed by atoms with E-state index < -0.39 is 12.2 Å². The van der Waals surface area contributed by atoms with Gasteiger partial charge in [0, 0.05) is 17.1 Å². The van der Waals surface area contributed by atoms with Gasteiger partial charge in [-0.25, -0.2) is 8.78 Å². The number of benzene rings is 1. The van der Waals surface area contributed by atoms with Gasteiger partial charge in [-0.2, -0.15) is 0 Å². The summed E-state index contributed by atoms with van der Waals surface area (Å²) in [5.74, 6) is -1.18. The molecular weight excluding hydrogens is 200 g/mol. The molecule has 2 aromatic rings. The highest BCUT2D eigenvalue weighted by atomic mass is 19.3. The van der Waals surface area contributed by atoms with Gasteiger partial charge in [0.25, 0.3) is 0 Å². The molecule has 0 saturated heterocycles. The topological polar surface area (TPSA) is 30.0 Å². The Labute approximate surface area is 84.6 Å². The van der Waals surface area contributed by atoms with Crippen molar-refractivity contribution in [1.29, 1.82) is 0 Å². The number of carbonyl (C=O) groups is 1. The number of rotatable bonds is 2. The van der Waals surface area contributed by atoms with Crippen LogP contribution in [0.2, 0.25) is 0 Å². The van der Waals surface area contributed by atoms with Gasteiger partial charge in [0.15, 0.2) is 0 Å². The predicted molar refractivity (Wildman–Crippen MR) is 52.1 cm³/mol. The average Bonchev–Trinajstić information content (AvgIpc) is 2.27. The van der Waals surface area contributed by atoms with Gasteiger partial charge in [0.2, 0.25) is 5.78 Å². The van der Waals surface area contributed by atoms with E-state index in [1.165, 1.54) is 12.3 Å². The monoisotopic (exact) mass is 207 g/mol. The number of para-hydroxylation sites is 1. The van der Waals surface area contributed by atoms with Gasteiger partial charge < -0.3 is 0 Å². The first-order chi connectivity index (χ1) is 7.20. The molecule has 1 aromatic heterocycles. The van der Waals surface area contributed by atoms with Crippen LogP contribution in [0.5, 0.6) is 0 Å². The van der Waals surface area contributed by atoms with Crippen LogP contribution in [0.3, 0.4) is 0 Å². The summed E-state index contributed by atoms with van der Waals surface area (Å²) in [6, 6.07) is 8.08. The molecule has 0 aliphatic carbocycles. The Hall–Kier alpha value is -1.84. The molecule has 0 aliphatic heterocycles. The van der Waals surface area contributed by atoms with Gasteiger partial charge >= 0.3 is 6.43 Å². The number of Topliss-reactive ketones (excluding diaryl/α,β-unsaturated/α-hetero) is 1. The molecule has 76 valence electrons. The molecule has 0 unspecified atom stereocenters. The zero-order valence-electron chi connectivity index (χ0n) is 7.65. The lowest BCUT2D eigenvalue weighted by Crippen LogP contribution is -2.10. The van der Waals surface area contributed by atoms with E-state index >= 15 is 0 Å². The molecule has 0 N–H and O–H groups in total. The summed E-state index contributed by atoms with van der Waals surface area (Å²) >= 11 is 0. The summed E-state index contributed by atoms with van der Waals surface area (Å²) in [6.45, 7) is 0. The van der Waals surface area contributed by atoms with Crippen LogP contribution in [-0.4, -0.2) is 17.2 Å². The second-order valence-electron chi connectivity index (χ2n) is 3.05. The molecule has 0 amide bonds. The number of fused-ring (bicyclic) bond motifs is 1. The maximum absolute atomic E-state index is 12.3. The molecule has 0 aliphatic rings. The zero-order chi connectivity index (χ0) is 10.8. The van der Waals surface area contributed by atoms with Crippen LogP contribution >= 0.6 is 0 Å². The third-order valence-corrected chi connectivity index (χ3v) is 2.10. The fourth-order valence-electron chi connectivity index (χ4n) is 1.42. The molecule has 0 bridgehead atoms. The number of hydrogen-bond donors (Lipinski definition) is 0. The first-order valence-corrected chi connectivity index (χ1v) is 4.36. The SMILES string of the molecule is O=C(c1cccc2cccnc12)C(F)F. The fraction of sp³-hybridized carbons (Fsp3) is 0.0909. The molecule has 15 heavy (non-hydrogen) atoms. The van der Waals surface area contributed by atoms with E-state index in [9.17, 15) is 13.6 Å². The molecule has 0 atom stereocenters. The van der Waals surface area contributed by atoms with Crippen molar-refractivity contribution in [3.8, 4) is 0 Å². The summed E-state index contributed by atoms with van der Waals surface area (Å²) in [5, 5.41) is 0.684. The predicted octanol–water partition coefficient (Wildman–Crippen LogP) is 2.68. The molecule has 4 heteroatoms. The van der Waals surface area contributed by atoms with Crippen LogP contribution in [0.15, 0.2) is 36.5 Å². The molecule has 0 fully saturated rings. The lowest BCUT2D eigenvalue weighted by atomic mass is 10.1. The molecule has 1 heterocycles. The van der Waals surface area contributed by atoms with E-state index in [0.717, 1.165) is 0 Å². The molecule has 0 radical (unpaired) electrons. The Morgan fingerprint density at radius 1 is 1.20 bits per heavy atom. The molecule has 2 rings (SSSR count). The van der Waals surface area contributed by atoms with Crippen LogP contribution in [0, 0.1) is 0 Å². The van der Waals surface area contributed by atoms with Crippen LogP contribution in [0.4, 0.5) is 8.78 Å². The number of aromatic nitrogens is 1. The summed E-state index contributed by atoms with van der Waals surface area (Å²) in [5.41, 5.74) is 0.299. The van der Waals surface area contributed by atoms with Gasteiger partial charge in [-0.05, 0) is 12.1 Å². The third kappa shape index (κ3) is 1.70. The maximum Gasteiger partial charge on any atom is 0.300 e. The van der Waals surface area contributed by atoms with Gasteiger partial charge in [-0.15, -0.1) is 0 Å². The number of hydrogen-bond acceptors (Lipinski definition) is 2. The Morgan fingerprint density at radius 3 is 2.67 bits per heavy atom. The number of pyridine rings is 1. The van der Waals surface area contributed by atoms with Crippen molar-refractivity contribution in [2.75, 3.05) is 0 Å². The number of ketones is 1. The summed E-state index contributed by atoms with van der Waals surface area (Å²) < 4.78 is 24.5. The number of nitrogens with zero attached hydrogens (tertiary/aromatic N) is 1. The quantitative estimate of drug-likeness (QED) is 0.708. The Bertz CT molecular complexity index is 505. The van der Waals surface area contributed by atoms with E-state index in [1.54, 1.807) is 24.3 Å². The van der Waals surface area contributed by atoms with E-state index in [4.69, 9.17) is 0 Å². The number of carbonyl (C=O) groups excluding carboxylic acids is 1. The molecular formula is C11H7F2NO. The lowest BCUT2D eigenvalue weighted by molar-refractivity contribution is 0.0680. The van der Waals surface area contributed by atoms with Crippen LogP contribution in [0.25, 0.3) is 10.9 Å². The van der Waals surface area contributed by atoms with Crippen molar-refractivity contribution in [3.05, 3.63) is 42.1 Å². The van der Waals surface area contributed by atoms with Crippen molar-refractivity contribution < 1.29 is 13.6 Å². The fourth-order valence-corrected chi connectivity index (χ4v) is 1.42. The van der Waals surface area contributed by atoms with Gasteiger partial charge in [0.1, 0.15) is 0 Å². The smallest absolute Gasteiger partial charge is 0.288 e. The second-order valence-corrected chi connectivity index (χ2v) is 3.05. The first-order valence-electron chi connectivity index (χ1n) is 4.36. The minimum Gasteiger partial charge on any atom is -0.288 e. The second kappa shape index (κ2) is 3.73. The normalized spacial score (nSPS) is 10.9. The zero-order valence-corrected chi connectivity index (χ0v) is 7.65. The Kier molecular flexibility index (Phi) is 2.41. The van der Waals surface area contributed by atoms with Crippen LogP contribution in [0.1, 0.15) is 10.4 Å². The van der Waals surface area contributed by atoms with Crippen molar-refractivity contribution in [1.82, 2.24) is 4.98 Å². The van der Waals surface area contributed by atoms with Crippen molar-refractivity contribution in [3.63, 3.8) is 0 Å². The molecule has 1 aromatic carbocycles. The molecule has 0 spiro atoms. The lowest BCUT2D eigenvalue weighted by Gasteiger charge is -2.03. The Balaban J connectivity index is 2.66. The molecule has 2 nitrogen and oxygen atoms in total. The summed E-state index contributed by atoms with van der Waals surface area (Å²) in [4.78, 5) is 15.1. The van der Waals surface area contributed by atoms with Crippen molar-refractivity contribution in [2.45, 2.75) is 6.43 Å². The number of halogens is 2. The highest BCUT2D eigenvalue weighted by molar-refractivity contribution is 6.08.